The van der Waals surface area contributed by atoms with Crippen LogP contribution in [-0.4, -0.2) is 51.0 Å². The Morgan fingerprint density at radius 2 is 2.17 bits per heavy atom. The van der Waals surface area contributed by atoms with Gasteiger partial charge >= 0.3 is 5.69 Å². The summed E-state index contributed by atoms with van der Waals surface area (Å²) in [5, 5.41) is 8.63. The predicted molar refractivity (Wildman–Crippen MR) is 89.5 cm³/mol. The molecule has 134 valence electrons. The molecule has 1 saturated heterocycles. The quantitative estimate of drug-likeness (QED) is 0.686. The summed E-state index contributed by atoms with van der Waals surface area (Å²) >= 11 is 0. The number of carbonyl (C=O) groups is 2. The normalized spacial score (nSPS) is 20.0. The van der Waals surface area contributed by atoms with Gasteiger partial charge in [0.15, 0.2) is 0 Å². The number of likely N-dealkylation sites (tertiary alicyclic amines) is 1. The van der Waals surface area contributed by atoms with Crippen LogP contribution in [0, 0.1) is 11.8 Å². The van der Waals surface area contributed by atoms with Crippen molar-refractivity contribution in [2.24, 2.45) is 11.8 Å². The Balaban J connectivity index is 1.84. The maximum Gasteiger partial charge on any atom is 0.341 e. The van der Waals surface area contributed by atoms with E-state index in [1.165, 1.54) is 0 Å². The molecule has 1 aliphatic rings. The van der Waals surface area contributed by atoms with Crippen LogP contribution in [0.15, 0.2) is 4.79 Å². The topological polar surface area (TPSA) is 111 Å². The number of aromatic amines is 2. The van der Waals surface area contributed by atoms with Gasteiger partial charge in [0, 0.05) is 25.0 Å². The molecule has 3 unspecified atom stereocenters. The van der Waals surface area contributed by atoms with Gasteiger partial charge in [-0.05, 0) is 25.7 Å². The van der Waals surface area contributed by atoms with Crippen LogP contribution in [0.5, 0.6) is 0 Å². The maximum atomic E-state index is 12.5. The Kier molecular flexibility index (Phi) is 6.16. The third kappa shape index (κ3) is 4.46. The summed E-state index contributed by atoms with van der Waals surface area (Å²) in [6, 6.07) is -0.0959. The second-order valence-corrected chi connectivity index (χ2v) is 6.66. The van der Waals surface area contributed by atoms with Crippen molar-refractivity contribution in [3.8, 4) is 0 Å². The molecule has 3 N–H and O–H groups in total. The number of hydrogen-bond acceptors (Lipinski definition) is 4. The van der Waals surface area contributed by atoms with E-state index in [-0.39, 0.29) is 29.6 Å². The molecular weight excluding hydrogens is 310 g/mol. The van der Waals surface area contributed by atoms with Crippen molar-refractivity contribution in [2.45, 2.75) is 52.5 Å². The van der Waals surface area contributed by atoms with Crippen LogP contribution in [0.25, 0.3) is 0 Å². The zero-order valence-corrected chi connectivity index (χ0v) is 14.6. The van der Waals surface area contributed by atoms with Crippen molar-refractivity contribution >= 4 is 11.8 Å². The molecular formula is C16H27N5O3. The maximum absolute atomic E-state index is 12.5. The lowest BCUT2D eigenvalue weighted by molar-refractivity contribution is -0.134. The molecule has 1 aliphatic heterocycles. The van der Waals surface area contributed by atoms with E-state index in [0.717, 1.165) is 32.2 Å². The fraction of sp³-hybridized carbons (Fsp3) is 0.750. The molecule has 0 bridgehead atoms. The minimum absolute atomic E-state index is 0.0223. The van der Waals surface area contributed by atoms with Crippen molar-refractivity contribution in [3.05, 3.63) is 16.3 Å². The Morgan fingerprint density at radius 1 is 1.42 bits per heavy atom. The smallest absolute Gasteiger partial charge is 0.341 e. The average Bonchev–Trinajstić information content (AvgIpc) is 3.20. The number of H-pyrrole nitrogens is 2. The first-order valence-corrected chi connectivity index (χ1v) is 8.66. The number of carbonyl (C=O) groups excluding carboxylic acids is 2. The van der Waals surface area contributed by atoms with Gasteiger partial charge in [0.2, 0.25) is 11.7 Å². The molecule has 2 heterocycles. The van der Waals surface area contributed by atoms with Crippen molar-refractivity contribution in [2.75, 3.05) is 13.1 Å². The minimum atomic E-state index is -0.508. The second-order valence-electron chi connectivity index (χ2n) is 6.66. The van der Waals surface area contributed by atoms with Crippen LogP contribution in [0.1, 0.15) is 57.1 Å². The molecule has 1 aromatic rings. The molecule has 0 aliphatic carbocycles. The fourth-order valence-electron chi connectivity index (χ4n) is 3.11. The largest absolute Gasteiger partial charge is 0.347 e. The van der Waals surface area contributed by atoms with Gasteiger partial charge in [0.05, 0.1) is 0 Å². The predicted octanol–water partition coefficient (Wildman–Crippen LogP) is 0.891. The van der Waals surface area contributed by atoms with E-state index in [2.05, 4.69) is 27.4 Å². The third-order valence-electron chi connectivity index (χ3n) is 4.73. The number of hydrogen-bond donors (Lipinski definition) is 3. The van der Waals surface area contributed by atoms with E-state index >= 15 is 0 Å². The molecule has 2 rings (SSSR count). The van der Waals surface area contributed by atoms with Crippen LogP contribution < -0.4 is 11.0 Å². The molecule has 1 aromatic heterocycles. The zero-order chi connectivity index (χ0) is 17.7. The molecule has 8 heteroatoms. The van der Waals surface area contributed by atoms with Gasteiger partial charge < -0.3 is 10.2 Å². The number of nitrogens with zero attached hydrogens (tertiary/aromatic N) is 2. The Hall–Kier alpha value is -2.12. The van der Waals surface area contributed by atoms with Crippen LogP contribution in [0.2, 0.25) is 0 Å². The van der Waals surface area contributed by atoms with Gasteiger partial charge in [-0.15, -0.1) is 5.10 Å². The van der Waals surface area contributed by atoms with Crippen molar-refractivity contribution in [1.82, 2.24) is 25.4 Å². The van der Waals surface area contributed by atoms with E-state index in [4.69, 9.17) is 0 Å². The number of nitrogens with one attached hydrogen (secondary N) is 3. The number of rotatable bonds is 7. The standard InChI is InChI=1S/C16H27N5O3/c1-4-5-6-10(2)15(23)21-8-7-12(9-21)11(3)17-14(22)13-18-16(24)20-19-13/h10-12H,4-9H2,1-3H3,(H,17,22)(H2,18,19,20,24). The molecule has 0 spiro atoms. The number of amides is 2. The summed E-state index contributed by atoms with van der Waals surface area (Å²) in [4.78, 5) is 39.7. The fourth-order valence-corrected chi connectivity index (χ4v) is 3.11. The molecule has 0 aromatic carbocycles. The van der Waals surface area contributed by atoms with Crippen molar-refractivity contribution in [3.63, 3.8) is 0 Å². The van der Waals surface area contributed by atoms with Gasteiger partial charge in [-0.3, -0.25) is 14.6 Å². The first-order valence-electron chi connectivity index (χ1n) is 8.66. The van der Waals surface area contributed by atoms with Crippen LogP contribution in [0.4, 0.5) is 0 Å². The van der Waals surface area contributed by atoms with E-state index in [1.54, 1.807) is 0 Å². The highest BCUT2D eigenvalue weighted by molar-refractivity contribution is 5.90. The molecule has 3 atom stereocenters. The SMILES string of the molecule is CCCCC(C)C(=O)N1CCC(C(C)NC(=O)c2n[nH]c(=O)[nH]2)C1. The number of aromatic nitrogens is 3. The van der Waals surface area contributed by atoms with Crippen LogP contribution >= 0.6 is 0 Å². The first-order chi connectivity index (χ1) is 11.4. The third-order valence-corrected chi connectivity index (χ3v) is 4.73. The van der Waals surface area contributed by atoms with Crippen molar-refractivity contribution in [1.29, 1.82) is 0 Å². The summed E-state index contributed by atoms with van der Waals surface area (Å²) in [6.07, 6.45) is 3.96. The van der Waals surface area contributed by atoms with Crippen LogP contribution in [-0.2, 0) is 4.79 Å². The average molecular weight is 337 g/mol. The Labute approximate surface area is 141 Å². The second kappa shape index (κ2) is 8.12. The molecule has 1 fully saturated rings. The molecule has 2 amide bonds. The van der Waals surface area contributed by atoms with E-state index in [9.17, 15) is 14.4 Å². The lowest BCUT2D eigenvalue weighted by Gasteiger charge is -2.23. The highest BCUT2D eigenvalue weighted by atomic mass is 16.2. The molecule has 0 saturated carbocycles. The van der Waals surface area contributed by atoms with Gasteiger partial charge in [-0.25, -0.2) is 9.89 Å². The summed E-state index contributed by atoms with van der Waals surface area (Å²) in [7, 11) is 0. The van der Waals surface area contributed by atoms with Crippen LogP contribution in [0.3, 0.4) is 0 Å². The van der Waals surface area contributed by atoms with E-state index < -0.39 is 11.6 Å². The molecule has 8 nitrogen and oxygen atoms in total. The first kappa shape index (κ1) is 18.2. The molecule has 24 heavy (non-hydrogen) atoms. The Bertz CT molecular complexity index is 623. The summed E-state index contributed by atoms with van der Waals surface area (Å²) in [5.74, 6) is 0.0404. The van der Waals surface area contributed by atoms with Gasteiger partial charge in [-0.1, -0.05) is 26.7 Å². The van der Waals surface area contributed by atoms with Gasteiger partial charge in [0.1, 0.15) is 0 Å². The lowest BCUT2D eigenvalue weighted by atomic mass is 10.0. The summed E-state index contributed by atoms with van der Waals surface area (Å²) < 4.78 is 0. The lowest BCUT2D eigenvalue weighted by Crippen LogP contribution is -2.41. The summed E-state index contributed by atoms with van der Waals surface area (Å²) in [6.45, 7) is 7.43. The van der Waals surface area contributed by atoms with Gasteiger partial charge in [0.25, 0.3) is 5.91 Å². The summed E-state index contributed by atoms with van der Waals surface area (Å²) in [5.41, 5.74) is -0.508. The van der Waals surface area contributed by atoms with Gasteiger partial charge in [-0.2, -0.15) is 0 Å². The highest BCUT2D eigenvalue weighted by Gasteiger charge is 2.32. The monoisotopic (exact) mass is 337 g/mol. The van der Waals surface area contributed by atoms with Crippen molar-refractivity contribution < 1.29 is 9.59 Å². The van der Waals surface area contributed by atoms with E-state index in [1.807, 2.05) is 18.7 Å². The van der Waals surface area contributed by atoms with E-state index in [0.29, 0.717) is 6.54 Å². The minimum Gasteiger partial charge on any atom is -0.347 e. The zero-order valence-electron chi connectivity index (χ0n) is 14.6. The highest BCUT2D eigenvalue weighted by Crippen LogP contribution is 2.23. The molecule has 0 radical (unpaired) electrons. The number of unbranched alkanes of at least 4 members (excludes halogenated alkanes) is 1. The Morgan fingerprint density at radius 3 is 2.79 bits per heavy atom.